The molecule has 3 heterocycles. The molecule has 148 valence electrons. The van der Waals surface area contributed by atoms with Crippen molar-refractivity contribution in [2.75, 3.05) is 11.1 Å². The largest absolute Gasteiger partial charge is 0.304 e. The third-order valence-electron chi connectivity index (χ3n) is 4.32. The minimum atomic E-state index is -0.113. The Bertz CT molecular complexity index is 1100. The lowest BCUT2D eigenvalue weighted by molar-refractivity contribution is -0.113. The highest BCUT2D eigenvalue weighted by Gasteiger charge is 2.14. The SMILES string of the molecule is CCc1ccc(-c2csc(NC(=O)CSc3nnc(-c4cccs4)n3C)n2)cc1. The van der Waals surface area contributed by atoms with Gasteiger partial charge in [0, 0.05) is 18.0 Å². The van der Waals surface area contributed by atoms with E-state index in [-0.39, 0.29) is 11.7 Å². The fourth-order valence-corrected chi connectivity index (χ4v) is 4.91. The third-order valence-corrected chi connectivity index (χ3v) is 6.96. The van der Waals surface area contributed by atoms with Crippen molar-refractivity contribution in [3.05, 3.63) is 52.7 Å². The summed E-state index contributed by atoms with van der Waals surface area (Å²) >= 11 is 4.40. The first-order valence-corrected chi connectivity index (χ1v) is 11.8. The van der Waals surface area contributed by atoms with Gasteiger partial charge in [0.05, 0.1) is 16.3 Å². The fraction of sp³-hybridized carbons (Fsp3) is 0.200. The minimum Gasteiger partial charge on any atom is -0.304 e. The van der Waals surface area contributed by atoms with Crippen LogP contribution in [-0.2, 0) is 18.3 Å². The second-order valence-corrected chi connectivity index (χ2v) is 9.02. The molecule has 0 saturated carbocycles. The molecule has 4 aromatic rings. The van der Waals surface area contributed by atoms with Crippen molar-refractivity contribution in [3.63, 3.8) is 0 Å². The number of nitrogens with one attached hydrogen (secondary N) is 1. The molecule has 0 radical (unpaired) electrons. The molecule has 6 nitrogen and oxygen atoms in total. The van der Waals surface area contributed by atoms with E-state index in [0.29, 0.717) is 10.3 Å². The predicted molar refractivity (Wildman–Crippen MR) is 121 cm³/mol. The van der Waals surface area contributed by atoms with Crippen LogP contribution in [-0.4, -0.2) is 31.4 Å². The molecule has 0 aliphatic rings. The van der Waals surface area contributed by atoms with Crippen molar-refractivity contribution in [2.24, 2.45) is 7.05 Å². The molecule has 9 heteroatoms. The fourth-order valence-electron chi connectivity index (χ4n) is 2.72. The van der Waals surface area contributed by atoms with E-state index in [9.17, 15) is 4.79 Å². The number of aromatic nitrogens is 4. The lowest BCUT2D eigenvalue weighted by Gasteiger charge is -2.03. The number of carbonyl (C=O) groups excluding carboxylic acids is 1. The number of rotatable bonds is 7. The van der Waals surface area contributed by atoms with Crippen LogP contribution in [0.2, 0.25) is 0 Å². The Labute approximate surface area is 181 Å². The van der Waals surface area contributed by atoms with Crippen molar-refractivity contribution in [1.82, 2.24) is 19.7 Å². The number of hydrogen-bond acceptors (Lipinski definition) is 7. The van der Waals surface area contributed by atoms with Crippen molar-refractivity contribution in [3.8, 4) is 22.0 Å². The Morgan fingerprint density at radius 2 is 2.00 bits per heavy atom. The molecule has 0 saturated heterocycles. The van der Waals surface area contributed by atoms with Gasteiger partial charge in [0.2, 0.25) is 5.91 Å². The van der Waals surface area contributed by atoms with Gasteiger partial charge in [-0.25, -0.2) is 4.98 Å². The maximum Gasteiger partial charge on any atom is 0.236 e. The van der Waals surface area contributed by atoms with Gasteiger partial charge in [-0.1, -0.05) is 49.0 Å². The summed E-state index contributed by atoms with van der Waals surface area (Å²) in [7, 11) is 1.91. The van der Waals surface area contributed by atoms with Crippen LogP contribution in [0.15, 0.2) is 52.3 Å². The van der Waals surface area contributed by atoms with E-state index in [1.165, 1.54) is 28.7 Å². The second-order valence-electron chi connectivity index (χ2n) is 6.27. The van der Waals surface area contributed by atoms with Crippen LogP contribution >= 0.6 is 34.4 Å². The highest BCUT2D eigenvalue weighted by Crippen LogP contribution is 2.27. The van der Waals surface area contributed by atoms with E-state index < -0.39 is 0 Å². The Morgan fingerprint density at radius 3 is 2.72 bits per heavy atom. The topological polar surface area (TPSA) is 72.7 Å². The highest BCUT2D eigenvalue weighted by atomic mass is 32.2. The van der Waals surface area contributed by atoms with Gasteiger partial charge in [-0.3, -0.25) is 4.79 Å². The molecule has 4 rings (SSSR count). The summed E-state index contributed by atoms with van der Waals surface area (Å²) in [5.74, 6) is 0.941. The Balaban J connectivity index is 1.35. The number of aryl methyl sites for hydroxylation is 1. The van der Waals surface area contributed by atoms with Crippen molar-refractivity contribution < 1.29 is 4.79 Å². The van der Waals surface area contributed by atoms with E-state index in [4.69, 9.17) is 0 Å². The Hall–Kier alpha value is -2.49. The lowest BCUT2D eigenvalue weighted by atomic mass is 10.1. The molecule has 0 aliphatic carbocycles. The molecule has 3 aromatic heterocycles. The summed E-state index contributed by atoms with van der Waals surface area (Å²) in [6.45, 7) is 2.13. The van der Waals surface area contributed by atoms with E-state index in [1.54, 1.807) is 11.3 Å². The summed E-state index contributed by atoms with van der Waals surface area (Å²) in [5, 5.41) is 16.6. The summed E-state index contributed by atoms with van der Waals surface area (Å²) in [4.78, 5) is 17.9. The number of amides is 1. The molecule has 0 atom stereocenters. The average molecular weight is 442 g/mol. The predicted octanol–water partition coefficient (Wildman–Crippen LogP) is 4.96. The third kappa shape index (κ3) is 4.58. The number of nitrogens with zero attached hydrogens (tertiary/aromatic N) is 4. The zero-order valence-electron chi connectivity index (χ0n) is 16.0. The van der Waals surface area contributed by atoms with Crippen molar-refractivity contribution in [2.45, 2.75) is 18.5 Å². The normalized spacial score (nSPS) is 11.0. The first kappa shape index (κ1) is 19.8. The van der Waals surface area contributed by atoms with Crippen LogP contribution < -0.4 is 5.32 Å². The van der Waals surface area contributed by atoms with Crippen LogP contribution in [0.5, 0.6) is 0 Å². The number of thiophene rings is 1. The maximum atomic E-state index is 12.3. The zero-order valence-corrected chi connectivity index (χ0v) is 18.4. The van der Waals surface area contributed by atoms with Crippen molar-refractivity contribution in [1.29, 1.82) is 0 Å². The Morgan fingerprint density at radius 1 is 1.17 bits per heavy atom. The molecular formula is C20H19N5OS3. The molecular weight excluding hydrogens is 422 g/mol. The quantitative estimate of drug-likeness (QED) is 0.410. The number of anilines is 1. The van der Waals surface area contributed by atoms with Gasteiger partial charge in [-0.15, -0.1) is 32.9 Å². The zero-order chi connectivity index (χ0) is 20.2. The van der Waals surface area contributed by atoms with Gasteiger partial charge in [-0.2, -0.15) is 0 Å². The summed E-state index contributed by atoms with van der Waals surface area (Å²) < 4.78 is 1.91. The van der Waals surface area contributed by atoms with Gasteiger partial charge in [-0.05, 0) is 23.4 Å². The summed E-state index contributed by atoms with van der Waals surface area (Å²) in [5.41, 5.74) is 3.21. The van der Waals surface area contributed by atoms with E-state index in [0.717, 1.165) is 28.4 Å². The first-order chi connectivity index (χ1) is 14.1. The number of thiazole rings is 1. The van der Waals surface area contributed by atoms with Crippen LogP contribution in [0.1, 0.15) is 12.5 Å². The van der Waals surface area contributed by atoms with Crippen LogP contribution in [0.3, 0.4) is 0 Å². The molecule has 0 aliphatic heterocycles. The van der Waals surface area contributed by atoms with Gasteiger partial charge in [0.25, 0.3) is 0 Å². The van der Waals surface area contributed by atoms with E-state index in [1.807, 2.05) is 34.5 Å². The molecule has 0 fully saturated rings. The smallest absolute Gasteiger partial charge is 0.236 e. The summed E-state index contributed by atoms with van der Waals surface area (Å²) in [6.07, 6.45) is 1.01. The minimum absolute atomic E-state index is 0.113. The number of carbonyl (C=O) groups is 1. The van der Waals surface area contributed by atoms with Crippen LogP contribution in [0.25, 0.3) is 22.0 Å². The molecule has 1 N–H and O–H groups in total. The molecule has 0 unspecified atom stereocenters. The molecule has 1 amide bonds. The lowest BCUT2D eigenvalue weighted by Crippen LogP contribution is -2.14. The molecule has 29 heavy (non-hydrogen) atoms. The summed E-state index contributed by atoms with van der Waals surface area (Å²) in [6, 6.07) is 12.3. The van der Waals surface area contributed by atoms with Crippen molar-refractivity contribution >= 4 is 45.5 Å². The molecule has 0 spiro atoms. The molecule has 0 bridgehead atoms. The van der Waals surface area contributed by atoms with E-state index in [2.05, 4.69) is 51.7 Å². The van der Waals surface area contributed by atoms with Crippen LogP contribution in [0, 0.1) is 0 Å². The Kier molecular flexibility index (Phi) is 6.08. The van der Waals surface area contributed by atoms with Crippen LogP contribution in [0.4, 0.5) is 5.13 Å². The monoisotopic (exact) mass is 441 g/mol. The van der Waals surface area contributed by atoms with Gasteiger partial charge in [0.1, 0.15) is 0 Å². The number of hydrogen-bond donors (Lipinski definition) is 1. The average Bonchev–Trinajstić information content (AvgIpc) is 3.48. The number of thioether (sulfide) groups is 1. The highest BCUT2D eigenvalue weighted by molar-refractivity contribution is 7.99. The van der Waals surface area contributed by atoms with Gasteiger partial charge >= 0.3 is 0 Å². The standard InChI is InChI=1S/C20H19N5OS3/c1-3-13-6-8-14(9-7-13)15-11-28-19(21-15)22-17(26)12-29-20-24-23-18(25(20)2)16-5-4-10-27-16/h4-11H,3,12H2,1-2H3,(H,21,22,26). The molecule has 1 aromatic carbocycles. The van der Waals surface area contributed by atoms with Gasteiger partial charge < -0.3 is 9.88 Å². The number of benzene rings is 1. The van der Waals surface area contributed by atoms with Gasteiger partial charge in [0.15, 0.2) is 16.1 Å². The first-order valence-electron chi connectivity index (χ1n) is 9.05. The maximum absolute atomic E-state index is 12.3. The second kappa shape index (κ2) is 8.89. The van der Waals surface area contributed by atoms with E-state index >= 15 is 0 Å².